The lowest BCUT2D eigenvalue weighted by Gasteiger charge is -2.10. The van der Waals surface area contributed by atoms with Crippen LogP contribution in [0, 0.1) is 5.13 Å². The van der Waals surface area contributed by atoms with Crippen molar-refractivity contribution in [2.75, 3.05) is 11.6 Å². The van der Waals surface area contributed by atoms with Crippen molar-refractivity contribution in [3.05, 3.63) is 41.2 Å². The van der Waals surface area contributed by atoms with Crippen molar-refractivity contribution in [2.24, 2.45) is 5.16 Å². The molecule has 1 N–H and O–H groups in total. The summed E-state index contributed by atoms with van der Waals surface area (Å²) in [6.07, 6.45) is 7.22. The average molecular weight is 379 g/mol. The fraction of sp³-hybridized carbons (Fsp3) is 0.353. The molecule has 1 aromatic heterocycles. The number of nitrogens with zero attached hydrogens (tertiary/aromatic N) is 2. The molecule has 0 spiro atoms. The summed E-state index contributed by atoms with van der Waals surface area (Å²) in [6, 6.07) is 7.48. The first-order chi connectivity index (χ1) is 12.2. The number of hydrogen-bond donors (Lipinski definition) is 1. The Labute approximate surface area is 153 Å². The second kappa shape index (κ2) is 8.44. The van der Waals surface area contributed by atoms with E-state index in [0.29, 0.717) is 5.56 Å². The van der Waals surface area contributed by atoms with Crippen molar-refractivity contribution in [2.45, 2.75) is 36.7 Å². The minimum Gasteiger partial charge on any atom is -0.392 e. The molecule has 2 aromatic rings. The van der Waals surface area contributed by atoms with Gasteiger partial charge in [-0.2, -0.15) is 4.39 Å². The number of oxime groups is 1. The monoisotopic (exact) mass is 379 g/mol. The lowest BCUT2D eigenvalue weighted by atomic mass is 10.1. The number of anilines is 1. The van der Waals surface area contributed by atoms with Gasteiger partial charge in [-0.3, -0.25) is 10.1 Å². The number of halogens is 1. The Balaban J connectivity index is 1.81. The average Bonchev–Trinajstić information content (AvgIpc) is 3.27. The predicted molar refractivity (Wildman–Crippen MR) is 98.8 cm³/mol. The van der Waals surface area contributed by atoms with Gasteiger partial charge in [0.15, 0.2) is 16.0 Å². The minimum absolute atomic E-state index is 0.0468. The maximum Gasteiger partial charge on any atom is 0.280 e. The largest absolute Gasteiger partial charge is 0.392 e. The van der Waals surface area contributed by atoms with Crippen molar-refractivity contribution in [3.8, 4) is 0 Å². The molecule has 0 radical (unpaired) electrons. The van der Waals surface area contributed by atoms with Crippen LogP contribution in [0.1, 0.15) is 31.2 Å². The van der Waals surface area contributed by atoms with E-state index in [1.54, 1.807) is 11.8 Å². The van der Waals surface area contributed by atoms with E-state index in [1.807, 2.05) is 30.5 Å². The molecule has 0 saturated heterocycles. The van der Waals surface area contributed by atoms with E-state index >= 15 is 0 Å². The number of aromatic nitrogens is 1. The lowest BCUT2D eigenvalue weighted by Crippen LogP contribution is -2.24. The molecule has 1 amide bonds. The zero-order chi connectivity index (χ0) is 17.6. The number of thiazole rings is 1. The van der Waals surface area contributed by atoms with Crippen LogP contribution in [-0.2, 0) is 9.63 Å². The van der Waals surface area contributed by atoms with Gasteiger partial charge in [-0.05, 0) is 44.1 Å². The van der Waals surface area contributed by atoms with Crippen molar-refractivity contribution in [3.63, 3.8) is 0 Å². The highest BCUT2D eigenvalue weighted by Gasteiger charge is 2.20. The van der Waals surface area contributed by atoms with E-state index in [2.05, 4.69) is 15.5 Å². The van der Waals surface area contributed by atoms with Crippen molar-refractivity contribution in [1.29, 1.82) is 0 Å². The van der Waals surface area contributed by atoms with Gasteiger partial charge >= 0.3 is 0 Å². The van der Waals surface area contributed by atoms with Gasteiger partial charge in [0.1, 0.15) is 6.10 Å². The topological polar surface area (TPSA) is 63.6 Å². The van der Waals surface area contributed by atoms with Gasteiger partial charge in [-0.1, -0.05) is 28.6 Å². The summed E-state index contributed by atoms with van der Waals surface area (Å²) in [4.78, 5) is 23.1. The summed E-state index contributed by atoms with van der Waals surface area (Å²) in [5, 5.41) is 6.43. The maximum absolute atomic E-state index is 13.1. The Hall–Kier alpha value is -1.93. The third-order valence-electron chi connectivity index (χ3n) is 3.87. The van der Waals surface area contributed by atoms with Gasteiger partial charge in [0, 0.05) is 10.5 Å². The fourth-order valence-electron chi connectivity index (χ4n) is 2.56. The molecular weight excluding hydrogens is 361 g/mol. The van der Waals surface area contributed by atoms with Crippen LogP contribution < -0.4 is 5.32 Å². The standard InChI is InChI=1S/C17H18FN3O2S2/c1-24-13-8-6-11(7-9-13)15(21-23-12-4-2-3-5-12)16(22)20-17-19-10-14(18)25-17/h6-10,12H,2-5H2,1H3,(H,19,20,22). The van der Waals surface area contributed by atoms with Crippen LogP contribution in [0.5, 0.6) is 0 Å². The molecule has 3 rings (SSSR count). The number of nitrogens with one attached hydrogen (secondary N) is 1. The zero-order valence-electron chi connectivity index (χ0n) is 13.7. The second-order valence-corrected chi connectivity index (χ2v) is 7.46. The predicted octanol–water partition coefficient (Wildman–Crippen LogP) is 4.31. The van der Waals surface area contributed by atoms with Crippen LogP contribution in [0.3, 0.4) is 0 Å². The molecule has 25 heavy (non-hydrogen) atoms. The quantitative estimate of drug-likeness (QED) is 0.462. The summed E-state index contributed by atoms with van der Waals surface area (Å²) >= 11 is 2.38. The van der Waals surface area contributed by atoms with Crippen LogP contribution in [0.25, 0.3) is 0 Å². The van der Waals surface area contributed by atoms with Crippen molar-refractivity contribution in [1.82, 2.24) is 4.98 Å². The summed E-state index contributed by atoms with van der Waals surface area (Å²) < 4.78 is 13.1. The molecule has 1 heterocycles. The molecule has 132 valence electrons. The molecule has 1 aliphatic rings. The maximum atomic E-state index is 13.1. The molecule has 0 aliphatic heterocycles. The Morgan fingerprint density at radius 2 is 2.08 bits per heavy atom. The SMILES string of the molecule is CSc1ccc(C(=NOC2CCCC2)C(=O)Nc2ncc(F)s2)cc1. The van der Waals surface area contributed by atoms with E-state index in [0.717, 1.165) is 48.1 Å². The molecule has 0 bridgehead atoms. The van der Waals surface area contributed by atoms with Gasteiger partial charge in [0.05, 0.1) is 6.20 Å². The molecule has 5 nitrogen and oxygen atoms in total. The normalized spacial score (nSPS) is 15.4. The van der Waals surface area contributed by atoms with E-state index in [1.165, 1.54) is 0 Å². The number of hydrogen-bond acceptors (Lipinski definition) is 6. The number of carbonyl (C=O) groups excluding carboxylic acids is 1. The van der Waals surface area contributed by atoms with Gasteiger partial charge in [0.2, 0.25) is 0 Å². The van der Waals surface area contributed by atoms with Gasteiger partial charge < -0.3 is 4.84 Å². The Bertz CT molecular complexity index is 756. The Kier molecular flexibility index (Phi) is 6.04. The number of benzene rings is 1. The number of carbonyl (C=O) groups is 1. The molecule has 1 saturated carbocycles. The molecule has 1 aliphatic carbocycles. The number of rotatable bonds is 6. The van der Waals surface area contributed by atoms with Crippen LogP contribution in [-0.4, -0.2) is 29.0 Å². The lowest BCUT2D eigenvalue weighted by molar-refractivity contribution is -0.110. The highest BCUT2D eigenvalue weighted by Crippen LogP contribution is 2.22. The van der Waals surface area contributed by atoms with Crippen molar-refractivity contribution >= 4 is 39.8 Å². The van der Waals surface area contributed by atoms with Crippen molar-refractivity contribution < 1.29 is 14.0 Å². The molecule has 1 fully saturated rings. The van der Waals surface area contributed by atoms with E-state index < -0.39 is 11.0 Å². The third kappa shape index (κ3) is 4.79. The number of amides is 1. The van der Waals surface area contributed by atoms with Gasteiger partial charge in [-0.25, -0.2) is 4.98 Å². The van der Waals surface area contributed by atoms with Crippen LogP contribution in [0.2, 0.25) is 0 Å². The minimum atomic E-state index is -0.468. The van der Waals surface area contributed by atoms with E-state index in [-0.39, 0.29) is 16.9 Å². The van der Waals surface area contributed by atoms with E-state index in [9.17, 15) is 9.18 Å². The molecule has 0 atom stereocenters. The highest BCUT2D eigenvalue weighted by atomic mass is 32.2. The zero-order valence-corrected chi connectivity index (χ0v) is 15.3. The summed E-state index contributed by atoms with van der Waals surface area (Å²) in [5.74, 6) is -0.468. The van der Waals surface area contributed by atoms with Crippen LogP contribution in [0.15, 0.2) is 40.5 Å². The molecule has 8 heteroatoms. The first kappa shape index (κ1) is 17.9. The van der Waals surface area contributed by atoms with Crippen LogP contribution in [0.4, 0.5) is 9.52 Å². The first-order valence-corrected chi connectivity index (χ1v) is 10.0. The Morgan fingerprint density at radius 3 is 2.68 bits per heavy atom. The first-order valence-electron chi connectivity index (χ1n) is 7.96. The smallest absolute Gasteiger partial charge is 0.280 e. The highest BCUT2D eigenvalue weighted by molar-refractivity contribution is 7.98. The second-order valence-electron chi connectivity index (χ2n) is 5.60. The molecule has 0 unspecified atom stereocenters. The Morgan fingerprint density at radius 1 is 1.36 bits per heavy atom. The van der Waals surface area contributed by atoms with E-state index in [4.69, 9.17) is 4.84 Å². The summed E-state index contributed by atoms with van der Waals surface area (Å²) in [6.45, 7) is 0. The van der Waals surface area contributed by atoms with Crippen LogP contribution >= 0.6 is 23.1 Å². The molecular formula is C17H18FN3O2S2. The summed E-state index contributed by atoms with van der Waals surface area (Å²) in [7, 11) is 0. The molecule has 1 aromatic carbocycles. The number of thioether (sulfide) groups is 1. The summed E-state index contributed by atoms with van der Waals surface area (Å²) in [5.41, 5.74) is 0.806. The third-order valence-corrected chi connectivity index (χ3v) is 5.32. The van der Waals surface area contributed by atoms with Gasteiger partial charge in [-0.15, -0.1) is 11.8 Å². The van der Waals surface area contributed by atoms with Gasteiger partial charge in [0.25, 0.3) is 5.91 Å². The fourth-order valence-corrected chi connectivity index (χ4v) is 3.51.